The average Bonchev–Trinajstić information content (AvgIpc) is 3.26. The molecule has 1 unspecified atom stereocenters. The number of ether oxygens (including phenoxy) is 1. The number of aryl methyl sites for hydroxylation is 1. The molecule has 0 aliphatic carbocycles. The number of methoxy groups -OCH3 is 1. The van der Waals surface area contributed by atoms with Crippen molar-refractivity contribution in [1.29, 1.82) is 0 Å². The summed E-state index contributed by atoms with van der Waals surface area (Å²) in [4.78, 5) is 15.5. The predicted octanol–water partition coefficient (Wildman–Crippen LogP) is 3.64. The van der Waals surface area contributed by atoms with Crippen molar-refractivity contribution in [1.82, 2.24) is 14.5 Å². The lowest BCUT2D eigenvalue weighted by molar-refractivity contribution is -0.192. The normalized spacial score (nSPS) is 17.0. The summed E-state index contributed by atoms with van der Waals surface area (Å²) in [6, 6.07) is 5.38. The first kappa shape index (κ1) is 22.7. The SMILES string of the molecule is COc1ccc(F)c(CN2CCCC2Cn2ccnc2C)c1.O=C(O)C(F)(F)F. The molecule has 2 heterocycles. The highest BCUT2D eigenvalue weighted by Crippen LogP contribution is 2.25. The van der Waals surface area contributed by atoms with Gasteiger partial charge in [0.05, 0.1) is 7.11 Å². The summed E-state index contributed by atoms with van der Waals surface area (Å²) in [6.45, 7) is 4.56. The van der Waals surface area contributed by atoms with Gasteiger partial charge in [-0.15, -0.1) is 0 Å². The van der Waals surface area contributed by atoms with Crippen LogP contribution in [0.1, 0.15) is 24.2 Å². The molecule has 1 fully saturated rings. The van der Waals surface area contributed by atoms with E-state index in [4.69, 9.17) is 14.6 Å². The Morgan fingerprint density at radius 1 is 1.38 bits per heavy atom. The number of halogens is 4. The predicted molar refractivity (Wildman–Crippen MR) is 97.0 cm³/mol. The van der Waals surface area contributed by atoms with Gasteiger partial charge in [0.15, 0.2) is 0 Å². The molecule has 0 bridgehead atoms. The molecular weight excluding hydrogens is 394 g/mol. The molecule has 6 nitrogen and oxygen atoms in total. The van der Waals surface area contributed by atoms with Gasteiger partial charge >= 0.3 is 12.1 Å². The Bertz CT molecular complexity index is 823. The molecule has 1 N–H and O–H groups in total. The number of carboxylic acid groups (broad SMARTS) is 1. The van der Waals surface area contributed by atoms with Crippen LogP contribution in [0.15, 0.2) is 30.6 Å². The molecule has 10 heteroatoms. The number of aliphatic carboxylic acids is 1. The zero-order valence-corrected chi connectivity index (χ0v) is 16.1. The summed E-state index contributed by atoms with van der Waals surface area (Å²) in [6.07, 6.45) is 1.06. The minimum Gasteiger partial charge on any atom is -0.497 e. The van der Waals surface area contributed by atoms with Gasteiger partial charge in [0, 0.05) is 37.1 Å². The Labute approximate surface area is 165 Å². The smallest absolute Gasteiger partial charge is 0.490 e. The third-order valence-electron chi connectivity index (χ3n) is 4.70. The zero-order valence-electron chi connectivity index (χ0n) is 16.1. The van der Waals surface area contributed by atoms with Crippen LogP contribution in [0.2, 0.25) is 0 Å². The van der Waals surface area contributed by atoms with Crippen molar-refractivity contribution < 1.29 is 32.2 Å². The maximum Gasteiger partial charge on any atom is 0.490 e. The molecule has 1 aromatic carbocycles. The van der Waals surface area contributed by atoms with Crippen LogP contribution in [-0.4, -0.2) is 51.4 Å². The second kappa shape index (κ2) is 9.73. The molecule has 2 aromatic rings. The van der Waals surface area contributed by atoms with E-state index >= 15 is 0 Å². The van der Waals surface area contributed by atoms with E-state index < -0.39 is 12.1 Å². The fourth-order valence-electron chi connectivity index (χ4n) is 3.15. The Morgan fingerprint density at radius 2 is 2.07 bits per heavy atom. The van der Waals surface area contributed by atoms with E-state index in [0.717, 1.165) is 31.8 Å². The third kappa shape index (κ3) is 6.45. The Hall–Kier alpha value is -2.62. The number of hydrogen-bond donors (Lipinski definition) is 1. The van der Waals surface area contributed by atoms with Gasteiger partial charge < -0.3 is 14.4 Å². The number of nitrogens with zero attached hydrogens (tertiary/aromatic N) is 3. The van der Waals surface area contributed by atoms with E-state index in [-0.39, 0.29) is 5.82 Å². The number of alkyl halides is 3. The summed E-state index contributed by atoms with van der Waals surface area (Å²) < 4.78 is 53.1. The molecule has 1 aromatic heterocycles. The van der Waals surface area contributed by atoms with Gasteiger partial charge in [-0.25, -0.2) is 14.2 Å². The van der Waals surface area contributed by atoms with Gasteiger partial charge in [0.2, 0.25) is 0 Å². The molecular formula is C19H23F4N3O3. The maximum atomic E-state index is 14.0. The van der Waals surface area contributed by atoms with E-state index in [0.29, 0.717) is 23.9 Å². The monoisotopic (exact) mass is 417 g/mol. The third-order valence-corrected chi connectivity index (χ3v) is 4.70. The molecule has 1 aliphatic heterocycles. The highest BCUT2D eigenvalue weighted by molar-refractivity contribution is 5.73. The van der Waals surface area contributed by atoms with Crippen LogP contribution in [0.4, 0.5) is 17.6 Å². The molecule has 0 saturated carbocycles. The van der Waals surface area contributed by atoms with Crippen molar-refractivity contribution in [3.8, 4) is 5.75 Å². The van der Waals surface area contributed by atoms with Crippen LogP contribution in [0.25, 0.3) is 0 Å². The molecule has 29 heavy (non-hydrogen) atoms. The summed E-state index contributed by atoms with van der Waals surface area (Å²) in [5, 5.41) is 7.12. The summed E-state index contributed by atoms with van der Waals surface area (Å²) in [5.74, 6) is -1.19. The summed E-state index contributed by atoms with van der Waals surface area (Å²) in [5.41, 5.74) is 0.702. The van der Waals surface area contributed by atoms with Crippen LogP contribution >= 0.6 is 0 Å². The molecule has 0 amide bonds. The number of aromatic nitrogens is 2. The van der Waals surface area contributed by atoms with E-state index in [1.807, 2.05) is 19.3 Å². The Kier molecular flexibility index (Phi) is 7.60. The van der Waals surface area contributed by atoms with Gasteiger partial charge in [-0.2, -0.15) is 13.2 Å². The topological polar surface area (TPSA) is 67.6 Å². The highest BCUT2D eigenvalue weighted by Gasteiger charge is 2.38. The lowest BCUT2D eigenvalue weighted by Gasteiger charge is -2.25. The Morgan fingerprint density at radius 3 is 2.62 bits per heavy atom. The van der Waals surface area contributed by atoms with E-state index in [1.165, 1.54) is 6.07 Å². The minimum absolute atomic E-state index is 0.162. The van der Waals surface area contributed by atoms with Gasteiger partial charge in [-0.3, -0.25) is 4.90 Å². The number of carbonyl (C=O) groups is 1. The van der Waals surface area contributed by atoms with E-state index in [9.17, 15) is 17.6 Å². The fraction of sp³-hybridized carbons (Fsp3) is 0.474. The van der Waals surface area contributed by atoms with Gasteiger partial charge in [0.25, 0.3) is 0 Å². The van der Waals surface area contributed by atoms with Crippen molar-refractivity contribution in [2.45, 2.75) is 45.1 Å². The van der Waals surface area contributed by atoms with Crippen LogP contribution in [-0.2, 0) is 17.9 Å². The first-order chi connectivity index (χ1) is 13.6. The number of benzene rings is 1. The van der Waals surface area contributed by atoms with Crippen molar-refractivity contribution in [2.24, 2.45) is 0 Å². The first-order valence-electron chi connectivity index (χ1n) is 8.96. The van der Waals surface area contributed by atoms with Crippen molar-refractivity contribution in [3.63, 3.8) is 0 Å². The maximum absolute atomic E-state index is 14.0. The average molecular weight is 417 g/mol. The standard InChI is InChI=1S/C17H22FN3O.C2HF3O2/c1-13-19-7-9-20(13)12-15-4-3-8-21(15)11-14-10-16(22-2)5-6-17(14)18;3-2(4,5)1(6)7/h5-7,9-10,15H,3-4,8,11-12H2,1-2H3;(H,6,7). The number of likely N-dealkylation sites (tertiary alicyclic amines) is 1. The first-order valence-corrected chi connectivity index (χ1v) is 8.96. The lowest BCUT2D eigenvalue weighted by Crippen LogP contribution is -2.33. The van der Waals surface area contributed by atoms with Crippen LogP contribution in [0.3, 0.4) is 0 Å². The van der Waals surface area contributed by atoms with E-state index in [1.54, 1.807) is 19.2 Å². The largest absolute Gasteiger partial charge is 0.497 e. The molecule has 0 radical (unpaired) electrons. The number of hydrogen-bond acceptors (Lipinski definition) is 4. The van der Waals surface area contributed by atoms with Crippen LogP contribution in [0, 0.1) is 12.7 Å². The number of imidazole rings is 1. The molecule has 1 saturated heterocycles. The molecule has 0 spiro atoms. The van der Waals surface area contributed by atoms with Gasteiger partial charge in [-0.1, -0.05) is 0 Å². The highest BCUT2D eigenvalue weighted by atomic mass is 19.4. The van der Waals surface area contributed by atoms with Gasteiger partial charge in [-0.05, 0) is 44.5 Å². The second-order valence-corrected chi connectivity index (χ2v) is 6.65. The molecule has 1 aliphatic rings. The van der Waals surface area contributed by atoms with Crippen molar-refractivity contribution in [3.05, 3.63) is 47.8 Å². The van der Waals surface area contributed by atoms with Crippen molar-refractivity contribution >= 4 is 5.97 Å². The lowest BCUT2D eigenvalue weighted by atomic mass is 10.1. The molecule has 3 rings (SSSR count). The number of rotatable bonds is 5. The molecule has 1 atom stereocenters. The quantitative estimate of drug-likeness (QED) is 0.753. The van der Waals surface area contributed by atoms with Crippen LogP contribution in [0.5, 0.6) is 5.75 Å². The van der Waals surface area contributed by atoms with Crippen molar-refractivity contribution in [2.75, 3.05) is 13.7 Å². The second-order valence-electron chi connectivity index (χ2n) is 6.65. The van der Waals surface area contributed by atoms with Gasteiger partial charge in [0.1, 0.15) is 17.4 Å². The summed E-state index contributed by atoms with van der Waals surface area (Å²) in [7, 11) is 1.61. The minimum atomic E-state index is -5.08. The van der Waals surface area contributed by atoms with Crippen LogP contribution < -0.4 is 4.74 Å². The van der Waals surface area contributed by atoms with E-state index in [2.05, 4.69) is 14.5 Å². The number of carboxylic acids is 1. The zero-order chi connectivity index (χ0) is 21.6. The fourth-order valence-corrected chi connectivity index (χ4v) is 3.15. The Balaban J connectivity index is 0.000000370. The summed E-state index contributed by atoms with van der Waals surface area (Å²) >= 11 is 0. The molecule has 160 valence electrons.